The van der Waals surface area contributed by atoms with Crippen LogP contribution in [0.1, 0.15) is 48.9 Å². The second-order valence-electron chi connectivity index (χ2n) is 6.57. The molecule has 0 unspecified atom stereocenters. The molecule has 0 nitrogen and oxygen atoms in total. The molecule has 0 atom stereocenters. The minimum Gasteiger partial charge on any atom is -0.126 e. The van der Waals surface area contributed by atoms with Crippen LogP contribution in [0.5, 0.6) is 0 Å². The summed E-state index contributed by atoms with van der Waals surface area (Å²) in [5, 5.41) is 0. The number of thioether (sulfide) groups is 2. The van der Waals surface area contributed by atoms with Gasteiger partial charge in [0.05, 0.1) is 0 Å². The number of hydrogen-bond acceptors (Lipinski definition) is 3. The molecule has 0 N–H and O–H groups in total. The van der Waals surface area contributed by atoms with E-state index in [9.17, 15) is 0 Å². The van der Waals surface area contributed by atoms with Gasteiger partial charge in [0.25, 0.3) is 0 Å². The lowest BCUT2D eigenvalue weighted by Gasteiger charge is -2.16. The van der Waals surface area contributed by atoms with Crippen LogP contribution < -0.4 is 0 Å². The fourth-order valence-corrected chi connectivity index (χ4v) is 5.86. The largest absolute Gasteiger partial charge is 0.126 e. The number of aryl methyl sites for hydroxylation is 4. The molecule has 0 aliphatic rings. The van der Waals surface area contributed by atoms with E-state index in [1.807, 2.05) is 35.3 Å². The minimum absolute atomic E-state index is 1.19. The smallest absolute Gasteiger partial charge is 0.0181 e. The highest BCUT2D eigenvalue weighted by Gasteiger charge is 2.12. The second kappa shape index (κ2) is 9.99. The van der Waals surface area contributed by atoms with Gasteiger partial charge in [-0.25, -0.2) is 0 Å². The van der Waals surface area contributed by atoms with Crippen molar-refractivity contribution >= 4 is 35.3 Å². The standard InChI is InChI=1S/C22H30S3/c1-7-9-23-19-11-15(3)21(16(4)12-19)25-22-17(5)13-20(14-18(22)6)24-10-8-2/h11-14H,7-10H2,1-6H3. The lowest BCUT2D eigenvalue weighted by molar-refractivity contribution is 1.09. The molecule has 0 aromatic heterocycles. The average Bonchev–Trinajstić information content (AvgIpc) is 2.56. The topological polar surface area (TPSA) is 0 Å². The zero-order valence-electron chi connectivity index (χ0n) is 16.4. The Labute approximate surface area is 167 Å². The highest BCUT2D eigenvalue weighted by molar-refractivity contribution is 8.00. The van der Waals surface area contributed by atoms with Gasteiger partial charge in [-0.15, -0.1) is 23.5 Å². The molecule has 0 aliphatic carbocycles. The lowest BCUT2D eigenvalue weighted by atomic mass is 10.1. The molecule has 2 aromatic rings. The van der Waals surface area contributed by atoms with Gasteiger partial charge < -0.3 is 0 Å². The van der Waals surface area contributed by atoms with E-state index in [-0.39, 0.29) is 0 Å². The van der Waals surface area contributed by atoms with E-state index in [0.29, 0.717) is 0 Å². The molecular formula is C22H30S3. The summed E-state index contributed by atoms with van der Waals surface area (Å²) in [7, 11) is 0. The number of rotatable bonds is 8. The second-order valence-corrected chi connectivity index (χ2v) is 9.93. The SMILES string of the molecule is CCCSc1cc(C)c(Sc2c(C)cc(SCCC)cc2C)c(C)c1. The van der Waals surface area contributed by atoms with Crippen LogP contribution in [0.15, 0.2) is 43.8 Å². The van der Waals surface area contributed by atoms with E-state index >= 15 is 0 Å². The van der Waals surface area contributed by atoms with Crippen LogP contribution in [-0.4, -0.2) is 11.5 Å². The van der Waals surface area contributed by atoms with Gasteiger partial charge in [0.2, 0.25) is 0 Å². The van der Waals surface area contributed by atoms with E-state index in [2.05, 4.69) is 65.8 Å². The Morgan fingerprint density at radius 3 is 1.20 bits per heavy atom. The Hall–Kier alpha value is -0.510. The summed E-state index contributed by atoms with van der Waals surface area (Å²) in [6.07, 6.45) is 2.44. The molecule has 0 spiro atoms. The Morgan fingerprint density at radius 1 is 0.600 bits per heavy atom. The Bertz CT molecular complexity index is 612. The van der Waals surface area contributed by atoms with E-state index in [4.69, 9.17) is 0 Å². The maximum absolute atomic E-state index is 2.35. The Morgan fingerprint density at radius 2 is 0.920 bits per heavy atom. The van der Waals surface area contributed by atoms with Gasteiger partial charge in [-0.2, -0.15) is 0 Å². The van der Waals surface area contributed by atoms with Gasteiger partial charge in [0.1, 0.15) is 0 Å². The molecular weight excluding hydrogens is 360 g/mol. The van der Waals surface area contributed by atoms with E-state index in [1.165, 1.54) is 66.2 Å². The molecule has 0 bridgehead atoms. The first kappa shape index (κ1) is 20.8. The molecule has 0 fully saturated rings. The molecule has 0 radical (unpaired) electrons. The molecule has 0 heterocycles. The molecule has 0 saturated carbocycles. The minimum atomic E-state index is 1.19. The van der Waals surface area contributed by atoms with Crippen molar-refractivity contribution in [3.8, 4) is 0 Å². The number of benzene rings is 2. The van der Waals surface area contributed by atoms with Crippen molar-refractivity contribution in [2.24, 2.45) is 0 Å². The Kier molecular flexibility index (Phi) is 8.31. The lowest BCUT2D eigenvalue weighted by Crippen LogP contribution is -1.92. The van der Waals surface area contributed by atoms with E-state index in [1.54, 1.807) is 0 Å². The first-order valence-electron chi connectivity index (χ1n) is 9.12. The molecule has 0 amide bonds. The van der Waals surface area contributed by atoms with Crippen molar-refractivity contribution in [1.29, 1.82) is 0 Å². The summed E-state index contributed by atoms with van der Waals surface area (Å²) in [6, 6.07) is 9.41. The maximum atomic E-state index is 2.35. The third-order valence-electron chi connectivity index (χ3n) is 4.02. The van der Waals surface area contributed by atoms with Crippen molar-refractivity contribution in [3.63, 3.8) is 0 Å². The van der Waals surface area contributed by atoms with Gasteiger partial charge in [0, 0.05) is 19.6 Å². The first-order chi connectivity index (χ1) is 12.0. The van der Waals surface area contributed by atoms with Crippen LogP contribution in [0.25, 0.3) is 0 Å². The summed E-state index contributed by atoms with van der Waals surface area (Å²) >= 11 is 5.88. The van der Waals surface area contributed by atoms with E-state index < -0.39 is 0 Å². The highest BCUT2D eigenvalue weighted by atomic mass is 32.2. The number of hydrogen-bond donors (Lipinski definition) is 0. The monoisotopic (exact) mass is 390 g/mol. The average molecular weight is 391 g/mol. The zero-order valence-corrected chi connectivity index (χ0v) is 18.8. The third-order valence-corrected chi connectivity index (χ3v) is 8.08. The van der Waals surface area contributed by atoms with Gasteiger partial charge in [-0.05, 0) is 98.6 Å². The van der Waals surface area contributed by atoms with Crippen LogP contribution >= 0.6 is 35.3 Å². The normalized spacial score (nSPS) is 11.1. The molecule has 136 valence electrons. The summed E-state index contributed by atoms with van der Waals surface area (Å²) < 4.78 is 0. The van der Waals surface area contributed by atoms with Crippen molar-refractivity contribution < 1.29 is 0 Å². The van der Waals surface area contributed by atoms with Crippen LogP contribution in [0.3, 0.4) is 0 Å². The maximum Gasteiger partial charge on any atom is 0.0181 e. The summed E-state index contributed by atoms with van der Waals surface area (Å²) in [6.45, 7) is 13.5. The predicted molar refractivity (Wildman–Crippen MR) is 118 cm³/mol. The predicted octanol–water partition coefficient (Wildman–Crippen LogP) is 8.08. The van der Waals surface area contributed by atoms with Crippen LogP contribution in [-0.2, 0) is 0 Å². The molecule has 0 aliphatic heterocycles. The molecule has 25 heavy (non-hydrogen) atoms. The van der Waals surface area contributed by atoms with Crippen molar-refractivity contribution in [2.45, 2.75) is 74.0 Å². The van der Waals surface area contributed by atoms with E-state index in [0.717, 1.165) is 0 Å². The molecule has 2 aromatic carbocycles. The molecule has 0 saturated heterocycles. The third kappa shape index (κ3) is 5.74. The molecule has 3 heteroatoms. The van der Waals surface area contributed by atoms with Gasteiger partial charge in [0.15, 0.2) is 0 Å². The summed E-state index contributed by atoms with van der Waals surface area (Å²) in [5.74, 6) is 2.39. The van der Waals surface area contributed by atoms with Crippen LogP contribution in [0.2, 0.25) is 0 Å². The zero-order chi connectivity index (χ0) is 18.4. The highest BCUT2D eigenvalue weighted by Crippen LogP contribution is 2.40. The quantitative estimate of drug-likeness (QED) is 0.418. The Balaban J connectivity index is 2.27. The van der Waals surface area contributed by atoms with Gasteiger partial charge in [-0.1, -0.05) is 25.6 Å². The molecule has 2 rings (SSSR count). The fourth-order valence-electron chi connectivity index (χ4n) is 2.85. The summed E-state index contributed by atoms with van der Waals surface area (Å²) in [5.41, 5.74) is 5.58. The van der Waals surface area contributed by atoms with Crippen molar-refractivity contribution in [3.05, 3.63) is 46.5 Å². The van der Waals surface area contributed by atoms with Gasteiger partial charge >= 0.3 is 0 Å². The van der Waals surface area contributed by atoms with Crippen LogP contribution in [0.4, 0.5) is 0 Å². The fraction of sp³-hybridized carbons (Fsp3) is 0.455. The van der Waals surface area contributed by atoms with Crippen LogP contribution in [0, 0.1) is 27.7 Å². The van der Waals surface area contributed by atoms with Gasteiger partial charge in [-0.3, -0.25) is 0 Å². The van der Waals surface area contributed by atoms with Crippen molar-refractivity contribution in [2.75, 3.05) is 11.5 Å². The van der Waals surface area contributed by atoms with Crippen molar-refractivity contribution in [1.82, 2.24) is 0 Å². The first-order valence-corrected chi connectivity index (χ1v) is 11.9. The summed E-state index contributed by atoms with van der Waals surface area (Å²) in [4.78, 5) is 5.64.